The Labute approximate surface area is 300 Å². The third-order valence-electron chi connectivity index (χ3n) is 7.35. The zero-order valence-electron chi connectivity index (χ0n) is 31.5. The van der Waals surface area contributed by atoms with Crippen molar-refractivity contribution in [1.29, 1.82) is 0 Å². The summed E-state index contributed by atoms with van der Waals surface area (Å²) in [6.45, 7) is 18.2. The molecule has 0 spiro atoms. The van der Waals surface area contributed by atoms with E-state index >= 15 is 0 Å². The Morgan fingerprint density at radius 1 is 0.265 bits per heavy atom. The average Bonchev–Trinajstić information content (AvgIpc) is 3.11. The van der Waals surface area contributed by atoms with Crippen LogP contribution in [0.1, 0.15) is 90.4 Å². The molecule has 0 unspecified atom stereocenters. The topological polar surface area (TPSA) is 102 Å². The van der Waals surface area contributed by atoms with Gasteiger partial charge >= 0.3 is 0 Å². The van der Waals surface area contributed by atoms with Crippen molar-refractivity contribution in [3.8, 4) is 0 Å². The lowest BCUT2D eigenvalue weighted by Crippen LogP contribution is -2.15. The summed E-state index contributed by atoms with van der Waals surface area (Å²) in [5, 5.41) is 0. The van der Waals surface area contributed by atoms with Gasteiger partial charge in [0.25, 0.3) is 0 Å². The summed E-state index contributed by atoms with van der Waals surface area (Å²) in [7, 11) is 0. The van der Waals surface area contributed by atoms with E-state index in [4.69, 9.17) is 52.1 Å². The Bertz CT molecular complexity index is 586. The Morgan fingerprint density at radius 3 is 0.714 bits per heavy atom. The summed E-state index contributed by atoms with van der Waals surface area (Å²) in [5.74, 6) is 0. The van der Waals surface area contributed by atoms with Gasteiger partial charge < -0.3 is 52.1 Å². The smallest absolute Gasteiger partial charge is 0.0704 e. The molecule has 0 heterocycles. The molecule has 0 aliphatic carbocycles. The second-order valence-corrected chi connectivity index (χ2v) is 11.7. The predicted octanol–water partition coefficient (Wildman–Crippen LogP) is 6.45. The van der Waals surface area contributed by atoms with Gasteiger partial charge in [-0.1, -0.05) is 90.0 Å². The third-order valence-corrected chi connectivity index (χ3v) is 7.35. The van der Waals surface area contributed by atoms with Gasteiger partial charge in [-0.2, -0.15) is 0 Å². The first-order chi connectivity index (χ1) is 24.4. The molecular formula is C38H76O11. The fourth-order valence-electron chi connectivity index (χ4n) is 4.59. The Hall–Kier alpha value is -0.700. The molecule has 0 radical (unpaired) electrons. The fourth-order valence-corrected chi connectivity index (χ4v) is 4.59. The summed E-state index contributed by atoms with van der Waals surface area (Å²) in [6.07, 6.45) is 19.5. The van der Waals surface area contributed by atoms with Crippen LogP contribution in [0.25, 0.3) is 0 Å². The van der Waals surface area contributed by atoms with Gasteiger partial charge in [-0.3, -0.25) is 0 Å². The van der Waals surface area contributed by atoms with Crippen LogP contribution in [0.5, 0.6) is 0 Å². The van der Waals surface area contributed by atoms with Crippen molar-refractivity contribution in [3.05, 3.63) is 12.7 Å². The minimum absolute atomic E-state index is 0.523. The molecule has 0 aromatic heterocycles. The summed E-state index contributed by atoms with van der Waals surface area (Å²) in [4.78, 5) is 0. The van der Waals surface area contributed by atoms with Crippen molar-refractivity contribution in [1.82, 2.24) is 0 Å². The van der Waals surface area contributed by atoms with E-state index in [9.17, 15) is 0 Å². The second kappa shape index (κ2) is 47.3. The molecule has 0 aromatic carbocycles. The molecule has 0 aromatic rings. The van der Waals surface area contributed by atoms with E-state index in [1.54, 1.807) is 6.08 Å². The monoisotopic (exact) mass is 709 g/mol. The van der Waals surface area contributed by atoms with Crippen LogP contribution in [0.2, 0.25) is 0 Å². The third kappa shape index (κ3) is 47.3. The lowest BCUT2D eigenvalue weighted by molar-refractivity contribution is -0.0273. The SMILES string of the molecule is C=CCOCCOCCOCCOCCOCCOCCOCCOCCOCCOCCOCCCCCCCCCCCCCCC. The molecule has 0 N–H and O–H groups in total. The number of hydrogen-bond donors (Lipinski definition) is 0. The van der Waals surface area contributed by atoms with Crippen LogP contribution in [-0.2, 0) is 52.1 Å². The fraction of sp³-hybridized carbons (Fsp3) is 0.947. The molecule has 0 fully saturated rings. The van der Waals surface area contributed by atoms with Crippen LogP contribution in [-0.4, -0.2) is 145 Å². The molecular weight excluding hydrogens is 632 g/mol. The normalized spacial score (nSPS) is 11.5. The zero-order valence-corrected chi connectivity index (χ0v) is 31.5. The van der Waals surface area contributed by atoms with Gasteiger partial charge in [-0.15, -0.1) is 6.58 Å². The van der Waals surface area contributed by atoms with E-state index in [2.05, 4.69) is 13.5 Å². The van der Waals surface area contributed by atoms with Crippen molar-refractivity contribution < 1.29 is 52.1 Å². The van der Waals surface area contributed by atoms with E-state index in [-0.39, 0.29) is 0 Å². The minimum atomic E-state index is 0.523. The molecule has 11 heteroatoms. The molecule has 0 amide bonds. The molecule has 0 aliphatic heterocycles. The van der Waals surface area contributed by atoms with Gasteiger partial charge in [-0.25, -0.2) is 0 Å². The second-order valence-electron chi connectivity index (χ2n) is 11.7. The molecule has 0 saturated carbocycles. The van der Waals surface area contributed by atoms with Crippen LogP contribution in [0.15, 0.2) is 12.7 Å². The Balaban J connectivity index is 3.04. The number of rotatable bonds is 46. The maximum atomic E-state index is 5.67. The van der Waals surface area contributed by atoms with Crippen molar-refractivity contribution in [2.75, 3.05) is 145 Å². The first kappa shape index (κ1) is 48.3. The highest BCUT2D eigenvalue weighted by Crippen LogP contribution is 2.12. The predicted molar refractivity (Wildman–Crippen MR) is 195 cm³/mol. The molecule has 0 aliphatic rings. The van der Waals surface area contributed by atoms with Crippen LogP contribution in [0, 0.1) is 0 Å². The van der Waals surface area contributed by atoms with E-state index in [0.717, 1.165) is 13.0 Å². The van der Waals surface area contributed by atoms with Crippen LogP contribution < -0.4 is 0 Å². The molecule has 294 valence electrons. The lowest BCUT2D eigenvalue weighted by atomic mass is 10.0. The highest BCUT2D eigenvalue weighted by Gasteiger charge is 1.97. The van der Waals surface area contributed by atoms with Gasteiger partial charge in [0.15, 0.2) is 0 Å². The van der Waals surface area contributed by atoms with E-state index in [0.29, 0.717) is 139 Å². The van der Waals surface area contributed by atoms with Gasteiger partial charge in [0.1, 0.15) is 0 Å². The molecule has 11 nitrogen and oxygen atoms in total. The van der Waals surface area contributed by atoms with E-state index in [1.165, 1.54) is 77.0 Å². The van der Waals surface area contributed by atoms with E-state index in [1.807, 2.05) is 0 Å². The van der Waals surface area contributed by atoms with Gasteiger partial charge in [0.2, 0.25) is 0 Å². The summed E-state index contributed by atoms with van der Waals surface area (Å²) in [6, 6.07) is 0. The maximum absolute atomic E-state index is 5.67. The number of unbranched alkanes of at least 4 members (excludes halogenated alkanes) is 12. The first-order valence-electron chi connectivity index (χ1n) is 19.4. The molecule has 0 rings (SSSR count). The van der Waals surface area contributed by atoms with Crippen LogP contribution in [0.4, 0.5) is 0 Å². The lowest BCUT2D eigenvalue weighted by Gasteiger charge is -2.09. The quantitative estimate of drug-likeness (QED) is 0.0516. The van der Waals surface area contributed by atoms with Crippen molar-refractivity contribution in [2.45, 2.75) is 90.4 Å². The first-order valence-corrected chi connectivity index (χ1v) is 19.4. The summed E-state index contributed by atoms with van der Waals surface area (Å²) >= 11 is 0. The van der Waals surface area contributed by atoms with Crippen molar-refractivity contribution >= 4 is 0 Å². The zero-order chi connectivity index (χ0) is 35.2. The molecule has 0 saturated heterocycles. The number of ether oxygens (including phenoxy) is 11. The standard InChI is InChI=1S/C38H76O11/c1-3-5-6-7-8-9-10-11-12-13-14-15-16-18-40-20-22-42-24-26-44-28-30-46-32-34-48-36-38-49-37-35-47-33-31-45-29-27-43-25-23-41-21-19-39-17-4-2/h4H,2-3,5-38H2,1H3. The maximum Gasteiger partial charge on any atom is 0.0704 e. The van der Waals surface area contributed by atoms with Crippen LogP contribution in [0.3, 0.4) is 0 Å². The number of hydrogen-bond acceptors (Lipinski definition) is 11. The van der Waals surface area contributed by atoms with Crippen molar-refractivity contribution in [2.24, 2.45) is 0 Å². The highest BCUT2D eigenvalue weighted by atomic mass is 16.6. The van der Waals surface area contributed by atoms with Crippen LogP contribution >= 0.6 is 0 Å². The highest BCUT2D eigenvalue weighted by molar-refractivity contribution is 4.63. The summed E-state index contributed by atoms with van der Waals surface area (Å²) < 4.78 is 60.3. The van der Waals surface area contributed by atoms with Gasteiger partial charge in [-0.05, 0) is 6.42 Å². The van der Waals surface area contributed by atoms with E-state index < -0.39 is 0 Å². The Kier molecular flexibility index (Phi) is 46.6. The van der Waals surface area contributed by atoms with Gasteiger partial charge in [0.05, 0.1) is 139 Å². The average molecular weight is 709 g/mol. The summed E-state index contributed by atoms with van der Waals surface area (Å²) in [5.41, 5.74) is 0. The molecule has 0 bridgehead atoms. The Morgan fingerprint density at radius 2 is 0.469 bits per heavy atom. The molecule has 49 heavy (non-hydrogen) atoms. The van der Waals surface area contributed by atoms with Crippen molar-refractivity contribution in [3.63, 3.8) is 0 Å². The molecule has 0 atom stereocenters. The largest absolute Gasteiger partial charge is 0.379 e. The van der Waals surface area contributed by atoms with Gasteiger partial charge in [0, 0.05) is 6.61 Å². The minimum Gasteiger partial charge on any atom is -0.379 e.